The van der Waals surface area contributed by atoms with Crippen molar-refractivity contribution in [3.05, 3.63) is 65.4 Å². The molecule has 1 atom stereocenters. The fourth-order valence-corrected chi connectivity index (χ4v) is 3.39. The second-order valence-electron chi connectivity index (χ2n) is 5.79. The van der Waals surface area contributed by atoms with E-state index in [2.05, 4.69) is 16.3 Å². The summed E-state index contributed by atoms with van der Waals surface area (Å²) < 4.78 is 0. The molecule has 0 unspecified atom stereocenters. The van der Waals surface area contributed by atoms with Gasteiger partial charge in [-0.2, -0.15) is 5.10 Å². The van der Waals surface area contributed by atoms with Crippen LogP contribution < -0.4 is 0 Å². The molecule has 2 aromatic carbocycles. The molecule has 0 saturated heterocycles. The molecule has 0 fully saturated rings. The van der Waals surface area contributed by atoms with Crippen molar-refractivity contribution in [1.82, 2.24) is 15.1 Å². The number of nitrogens with zero attached hydrogens (tertiary/aromatic N) is 2. The van der Waals surface area contributed by atoms with E-state index >= 15 is 0 Å². The number of H-pyrrole nitrogens is 1. The van der Waals surface area contributed by atoms with Gasteiger partial charge in [-0.1, -0.05) is 36.4 Å². The van der Waals surface area contributed by atoms with Gasteiger partial charge in [0.1, 0.15) is 0 Å². The number of nitrogens with one attached hydrogen (secondary N) is 1. The van der Waals surface area contributed by atoms with Gasteiger partial charge in [0, 0.05) is 11.9 Å². The Hall–Kier alpha value is -2.66. The molecule has 2 heterocycles. The summed E-state index contributed by atoms with van der Waals surface area (Å²) in [7, 11) is 0. The number of para-hydroxylation sites is 1. The van der Waals surface area contributed by atoms with Gasteiger partial charge in [0.15, 0.2) is 0 Å². The van der Waals surface area contributed by atoms with Gasteiger partial charge in [-0.25, -0.2) is 0 Å². The number of carbonyl (C=O) groups is 1. The van der Waals surface area contributed by atoms with Crippen LogP contribution >= 0.6 is 0 Å². The number of aromatic nitrogens is 2. The predicted molar refractivity (Wildman–Crippen MR) is 87.1 cm³/mol. The largest absolute Gasteiger partial charge is 0.394 e. The molecule has 1 aliphatic heterocycles. The lowest BCUT2D eigenvalue weighted by atomic mass is 9.92. The number of aromatic amines is 1. The zero-order valence-corrected chi connectivity index (χ0v) is 12.6. The van der Waals surface area contributed by atoms with E-state index in [0.29, 0.717) is 12.1 Å². The van der Waals surface area contributed by atoms with Gasteiger partial charge in [0.05, 0.1) is 29.9 Å². The Morgan fingerprint density at radius 1 is 1.26 bits per heavy atom. The van der Waals surface area contributed by atoms with Crippen molar-refractivity contribution in [1.29, 1.82) is 0 Å². The Balaban J connectivity index is 1.75. The van der Waals surface area contributed by atoms with Crippen molar-refractivity contribution in [2.45, 2.75) is 12.5 Å². The van der Waals surface area contributed by atoms with Crippen LogP contribution in [0.4, 0.5) is 0 Å². The van der Waals surface area contributed by atoms with E-state index in [9.17, 15) is 9.90 Å². The third-order valence-corrected chi connectivity index (χ3v) is 4.55. The Labute approximate surface area is 133 Å². The third kappa shape index (κ3) is 2.21. The van der Waals surface area contributed by atoms with Gasteiger partial charge in [-0.15, -0.1) is 0 Å². The maximum atomic E-state index is 13.1. The van der Waals surface area contributed by atoms with E-state index in [0.717, 1.165) is 22.9 Å². The maximum Gasteiger partial charge on any atom is 0.256 e. The van der Waals surface area contributed by atoms with E-state index in [4.69, 9.17) is 0 Å². The first-order chi connectivity index (χ1) is 11.3. The minimum absolute atomic E-state index is 0.0756. The van der Waals surface area contributed by atoms with Crippen molar-refractivity contribution in [3.8, 4) is 0 Å². The number of rotatable bonds is 2. The maximum absolute atomic E-state index is 13.1. The van der Waals surface area contributed by atoms with Gasteiger partial charge in [-0.05, 0) is 23.6 Å². The van der Waals surface area contributed by atoms with Gasteiger partial charge in [0.25, 0.3) is 5.91 Å². The van der Waals surface area contributed by atoms with Crippen LogP contribution in [0.2, 0.25) is 0 Å². The van der Waals surface area contributed by atoms with Crippen molar-refractivity contribution in [2.24, 2.45) is 0 Å². The molecule has 0 aliphatic carbocycles. The number of amides is 1. The zero-order chi connectivity index (χ0) is 15.8. The fourth-order valence-electron chi connectivity index (χ4n) is 3.39. The first-order valence-electron chi connectivity index (χ1n) is 7.71. The van der Waals surface area contributed by atoms with Crippen LogP contribution in [0, 0.1) is 0 Å². The number of benzene rings is 2. The lowest BCUT2D eigenvalue weighted by Gasteiger charge is -2.36. The number of hydrogen-bond donors (Lipinski definition) is 2. The first-order valence-corrected chi connectivity index (χ1v) is 7.71. The van der Waals surface area contributed by atoms with Gasteiger partial charge < -0.3 is 10.0 Å². The smallest absolute Gasteiger partial charge is 0.256 e. The molecule has 1 amide bonds. The molecule has 23 heavy (non-hydrogen) atoms. The summed E-state index contributed by atoms with van der Waals surface area (Å²) in [6, 6.07) is 13.3. The van der Waals surface area contributed by atoms with Crippen LogP contribution in [0.3, 0.4) is 0 Å². The fraction of sp³-hybridized carbons (Fsp3) is 0.222. The Bertz CT molecular complexity index is 871. The van der Waals surface area contributed by atoms with Crippen LogP contribution in [-0.4, -0.2) is 39.3 Å². The molecule has 1 aliphatic rings. The van der Waals surface area contributed by atoms with Crippen LogP contribution in [-0.2, 0) is 6.42 Å². The van der Waals surface area contributed by atoms with Crippen molar-refractivity contribution >= 4 is 16.8 Å². The standard InChI is InChI=1S/C18H17N3O2/c22-11-16-14-6-2-1-4-12(14)8-9-21(16)18(23)15-7-3-5-13-10-19-20-17(13)15/h1-7,10,16,22H,8-9,11H2,(H,19,20)/t16-/m0/s1. The van der Waals surface area contributed by atoms with E-state index < -0.39 is 0 Å². The second kappa shape index (κ2) is 5.52. The number of aliphatic hydroxyl groups is 1. The Morgan fingerprint density at radius 3 is 3.00 bits per heavy atom. The molecule has 0 saturated carbocycles. The topological polar surface area (TPSA) is 69.2 Å². The summed E-state index contributed by atoms with van der Waals surface area (Å²) >= 11 is 0. The van der Waals surface area contributed by atoms with Crippen molar-refractivity contribution < 1.29 is 9.90 Å². The highest BCUT2D eigenvalue weighted by Gasteiger charge is 2.31. The SMILES string of the molecule is O=C(c1cccc2cn[nH]c12)N1CCc2ccccc2[C@@H]1CO. The van der Waals surface area contributed by atoms with Crippen LogP contribution in [0.25, 0.3) is 10.9 Å². The van der Waals surface area contributed by atoms with Crippen LogP contribution in [0.1, 0.15) is 27.5 Å². The summed E-state index contributed by atoms with van der Waals surface area (Å²) in [6.07, 6.45) is 2.51. The monoisotopic (exact) mass is 307 g/mol. The van der Waals surface area contributed by atoms with Gasteiger partial charge in [-0.3, -0.25) is 9.89 Å². The lowest BCUT2D eigenvalue weighted by Crippen LogP contribution is -2.41. The summed E-state index contributed by atoms with van der Waals surface area (Å²) in [5, 5.41) is 17.7. The average Bonchev–Trinajstić information content (AvgIpc) is 3.08. The summed E-state index contributed by atoms with van der Waals surface area (Å²) in [6.45, 7) is 0.521. The van der Waals surface area contributed by atoms with Gasteiger partial charge in [0.2, 0.25) is 0 Å². The van der Waals surface area contributed by atoms with Crippen LogP contribution in [0.5, 0.6) is 0 Å². The van der Waals surface area contributed by atoms with E-state index in [1.54, 1.807) is 17.2 Å². The highest BCUT2D eigenvalue weighted by molar-refractivity contribution is 6.05. The highest BCUT2D eigenvalue weighted by Crippen LogP contribution is 2.31. The highest BCUT2D eigenvalue weighted by atomic mass is 16.3. The molecular weight excluding hydrogens is 290 g/mol. The quantitative estimate of drug-likeness (QED) is 0.763. The predicted octanol–water partition coefficient (Wildman–Crippen LogP) is 2.29. The molecule has 2 N–H and O–H groups in total. The average molecular weight is 307 g/mol. The molecule has 116 valence electrons. The van der Waals surface area contributed by atoms with E-state index in [-0.39, 0.29) is 18.6 Å². The first kappa shape index (κ1) is 14.0. The number of hydrogen-bond acceptors (Lipinski definition) is 3. The molecule has 0 radical (unpaired) electrons. The number of carbonyl (C=O) groups excluding carboxylic acids is 1. The summed E-state index contributed by atoms with van der Waals surface area (Å²) in [4.78, 5) is 14.8. The summed E-state index contributed by atoms with van der Waals surface area (Å²) in [5.41, 5.74) is 3.58. The molecular formula is C18H17N3O2. The minimum atomic E-state index is -0.300. The Morgan fingerprint density at radius 2 is 2.13 bits per heavy atom. The molecule has 4 rings (SSSR count). The lowest BCUT2D eigenvalue weighted by molar-refractivity contribution is 0.0570. The molecule has 0 spiro atoms. The third-order valence-electron chi connectivity index (χ3n) is 4.55. The van der Waals surface area contributed by atoms with Crippen molar-refractivity contribution in [2.75, 3.05) is 13.2 Å². The number of aliphatic hydroxyl groups excluding tert-OH is 1. The van der Waals surface area contributed by atoms with Gasteiger partial charge >= 0.3 is 0 Å². The molecule has 1 aromatic heterocycles. The Kier molecular flexibility index (Phi) is 3.35. The molecule has 3 aromatic rings. The molecule has 0 bridgehead atoms. The second-order valence-corrected chi connectivity index (χ2v) is 5.79. The van der Waals surface area contributed by atoms with E-state index in [1.807, 2.05) is 30.3 Å². The molecule has 5 heteroatoms. The zero-order valence-electron chi connectivity index (χ0n) is 12.6. The number of fused-ring (bicyclic) bond motifs is 2. The summed E-state index contributed by atoms with van der Waals surface area (Å²) in [5.74, 6) is -0.0756. The minimum Gasteiger partial charge on any atom is -0.394 e. The van der Waals surface area contributed by atoms with Crippen LogP contribution in [0.15, 0.2) is 48.7 Å². The van der Waals surface area contributed by atoms with E-state index in [1.165, 1.54) is 5.56 Å². The molecule has 5 nitrogen and oxygen atoms in total. The normalized spacial score (nSPS) is 17.3. The van der Waals surface area contributed by atoms with Crippen molar-refractivity contribution in [3.63, 3.8) is 0 Å².